The van der Waals surface area contributed by atoms with Gasteiger partial charge in [0, 0.05) is 51.1 Å². The Hall–Kier alpha value is -1.36. The molecule has 2 fully saturated rings. The number of hydrogen-bond donors (Lipinski definition) is 0. The Labute approximate surface area is 119 Å². The second-order valence-corrected chi connectivity index (χ2v) is 5.95. The first-order valence-corrected chi connectivity index (χ1v) is 7.66. The number of aryl methyl sites for hydroxylation is 1. The van der Waals surface area contributed by atoms with E-state index < -0.39 is 0 Å². The topological polar surface area (TPSA) is 49.6 Å². The molecule has 0 unspecified atom stereocenters. The van der Waals surface area contributed by atoms with E-state index in [2.05, 4.69) is 15.0 Å². The highest BCUT2D eigenvalue weighted by Crippen LogP contribution is 2.22. The summed E-state index contributed by atoms with van der Waals surface area (Å²) in [7, 11) is 0. The smallest absolute Gasteiger partial charge is 0.222 e. The second kappa shape index (κ2) is 5.95. The summed E-state index contributed by atoms with van der Waals surface area (Å²) < 4.78 is 5.24. The lowest BCUT2D eigenvalue weighted by atomic mass is 10.0. The van der Waals surface area contributed by atoms with Crippen LogP contribution in [-0.2, 0) is 11.2 Å². The van der Waals surface area contributed by atoms with Crippen LogP contribution in [0.5, 0.6) is 0 Å². The molecule has 20 heavy (non-hydrogen) atoms. The van der Waals surface area contributed by atoms with Crippen LogP contribution in [0.1, 0.15) is 37.1 Å². The van der Waals surface area contributed by atoms with E-state index in [9.17, 15) is 4.79 Å². The minimum atomic E-state index is 0.362. The van der Waals surface area contributed by atoms with Gasteiger partial charge in [-0.2, -0.15) is 0 Å². The van der Waals surface area contributed by atoms with E-state index in [-0.39, 0.29) is 0 Å². The highest BCUT2D eigenvalue weighted by molar-refractivity contribution is 5.78. The van der Waals surface area contributed by atoms with Gasteiger partial charge in [0.1, 0.15) is 5.76 Å². The van der Waals surface area contributed by atoms with E-state index in [1.807, 2.05) is 13.0 Å². The molecule has 0 N–H and O–H groups in total. The van der Waals surface area contributed by atoms with Gasteiger partial charge < -0.3 is 14.3 Å². The van der Waals surface area contributed by atoms with Crippen LogP contribution in [0.2, 0.25) is 0 Å². The minimum absolute atomic E-state index is 0.362. The molecule has 0 atom stereocenters. The van der Waals surface area contributed by atoms with Crippen molar-refractivity contribution in [3.63, 3.8) is 0 Å². The van der Waals surface area contributed by atoms with Gasteiger partial charge in [0.05, 0.1) is 5.69 Å². The zero-order valence-corrected chi connectivity index (χ0v) is 12.2. The molecule has 110 valence electrons. The third-order valence-electron chi connectivity index (χ3n) is 4.46. The summed E-state index contributed by atoms with van der Waals surface area (Å²) in [5.41, 5.74) is 0.950. The predicted molar refractivity (Wildman–Crippen MR) is 75.4 cm³/mol. The number of carbonyl (C=O) groups excluding carboxylic acids is 1. The normalized spacial score (nSPS) is 21.9. The Morgan fingerprint density at radius 2 is 2.15 bits per heavy atom. The van der Waals surface area contributed by atoms with Crippen molar-refractivity contribution in [2.75, 3.05) is 26.2 Å². The number of hydrogen-bond acceptors (Lipinski definition) is 4. The molecule has 1 aromatic heterocycles. The summed E-state index contributed by atoms with van der Waals surface area (Å²) in [4.78, 5) is 16.3. The van der Waals surface area contributed by atoms with Gasteiger partial charge in [0.25, 0.3) is 0 Å². The molecular weight excluding hydrogens is 254 g/mol. The maximum absolute atomic E-state index is 11.8. The number of carbonyl (C=O) groups is 1. The van der Waals surface area contributed by atoms with E-state index in [0.29, 0.717) is 11.9 Å². The zero-order valence-electron chi connectivity index (χ0n) is 12.2. The Balaban J connectivity index is 1.43. The Bertz CT molecular complexity index is 463. The molecule has 1 aromatic rings. The highest BCUT2D eigenvalue weighted by Gasteiger charge is 2.30. The second-order valence-electron chi connectivity index (χ2n) is 5.95. The van der Waals surface area contributed by atoms with Crippen LogP contribution in [0, 0.1) is 6.92 Å². The first-order valence-electron chi connectivity index (χ1n) is 7.66. The standard InChI is InChI=1S/C15H23N3O2/c1-12-11-14(20-16-12)6-10-17-8-4-13(5-9-17)18-7-2-3-15(18)19/h11,13H,2-10H2,1H3. The van der Waals surface area contributed by atoms with Gasteiger partial charge in [-0.15, -0.1) is 0 Å². The van der Waals surface area contributed by atoms with Crippen LogP contribution < -0.4 is 0 Å². The molecule has 1 amide bonds. The first kappa shape index (κ1) is 13.6. The van der Waals surface area contributed by atoms with Gasteiger partial charge in [-0.05, 0) is 26.2 Å². The molecule has 5 heteroatoms. The van der Waals surface area contributed by atoms with Gasteiger partial charge in [0.2, 0.25) is 5.91 Å². The van der Waals surface area contributed by atoms with E-state index in [1.165, 1.54) is 0 Å². The van der Waals surface area contributed by atoms with E-state index in [1.54, 1.807) is 0 Å². The molecule has 0 aliphatic carbocycles. The number of rotatable bonds is 4. The van der Waals surface area contributed by atoms with Crippen molar-refractivity contribution in [2.24, 2.45) is 0 Å². The van der Waals surface area contributed by atoms with Crippen molar-refractivity contribution < 1.29 is 9.32 Å². The van der Waals surface area contributed by atoms with Gasteiger partial charge in [-0.25, -0.2) is 0 Å². The number of aromatic nitrogens is 1. The van der Waals surface area contributed by atoms with Crippen molar-refractivity contribution in [1.29, 1.82) is 0 Å². The van der Waals surface area contributed by atoms with Crippen molar-refractivity contribution in [1.82, 2.24) is 15.0 Å². The lowest BCUT2D eigenvalue weighted by molar-refractivity contribution is -0.130. The SMILES string of the molecule is Cc1cc(CCN2CCC(N3CCCC3=O)CC2)on1. The summed E-state index contributed by atoms with van der Waals surface area (Å²) in [5, 5.41) is 3.92. The third kappa shape index (κ3) is 3.03. The number of nitrogens with zero attached hydrogens (tertiary/aromatic N) is 3. The van der Waals surface area contributed by atoms with Gasteiger partial charge >= 0.3 is 0 Å². The molecule has 0 bridgehead atoms. The lowest BCUT2D eigenvalue weighted by Crippen LogP contribution is -2.45. The van der Waals surface area contributed by atoms with Crippen LogP contribution in [-0.4, -0.2) is 53.1 Å². The van der Waals surface area contributed by atoms with Crippen molar-refractivity contribution in [2.45, 2.75) is 45.1 Å². The monoisotopic (exact) mass is 277 g/mol. The Kier molecular flexibility index (Phi) is 4.05. The molecule has 2 aliphatic heterocycles. The van der Waals surface area contributed by atoms with E-state index >= 15 is 0 Å². The molecule has 2 aliphatic rings. The molecule has 0 spiro atoms. The molecule has 5 nitrogen and oxygen atoms in total. The summed E-state index contributed by atoms with van der Waals surface area (Å²) in [6.45, 7) is 6.12. The number of likely N-dealkylation sites (tertiary alicyclic amines) is 2. The number of amides is 1. The molecule has 2 saturated heterocycles. The zero-order chi connectivity index (χ0) is 13.9. The van der Waals surface area contributed by atoms with Crippen LogP contribution in [0.3, 0.4) is 0 Å². The van der Waals surface area contributed by atoms with E-state index in [0.717, 1.165) is 69.7 Å². The maximum atomic E-state index is 11.8. The van der Waals surface area contributed by atoms with Gasteiger partial charge in [-0.3, -0.25) is 4.79 Å². The Morgan fingerprint density at radius 1 is 1.35 bits per heavy atom. The van der Waals surface area contributed by atoms with Crippen LogP contribution >= 0.6 is 0 Å². The maximum Gasteiger partial charge on any atom is 0.222 e. The largest absolute Gasteiger partial charge is 0.361 e. The fraction of sp³-hybridized carbons (Fsp3) is 0.733. The molecule has 0 aromatic carbocycles. The lowest BCUT2D eigenvalue weighted by Gasteiger charge is -2.36. The predicted octanol–water partition coefficient (Wildman–Crippen LogP) is 1.61. The molecular formula is C15H23N3O2. The van der Waals surface area contributed by atoms with Crippen LogP contribution in [0.4, 0.5) is 0 Å². The summed E-state index contributed by atoms with van der Waals surface area (Å²) in [6, 6.07) is 2.49. The van der Waals surface area contributed by atoms with Crippen LogP contribution in [0.15, 0.2) is 10.6 Å². The molecule has 0 radical (unpaired) electrons. The molecule has 3 heterocycles. The van der Waals surface area contributed by atoms with E-state index in [4.69, 9.17) is 4.52 Å². The van der Waals surface area contributed by atoms with Crippen LogP contribution in [0.25, 0.3) is 0 Å². The minimum Gasteiger partial charge on any atom is -0.361 e. The third-order valence-corrected chi connectivity index (χ3v) is 4.46. The fourth-order valence-corrected chi connectivity index (χ4v) is 3.31. The highest BCUT2D eigenvalue weighted by atomic mass is 16.5. The molecule has 0 saturated carbocycles. The first-order chi connectivity index (χ1) is 9.72. The fourth-order valence-electron chi connectivity index (χ4n) is 3.31. The molecule has 3 rings (SSSR count). The van der Waals surface area contributed by atoms with Gasteiger partial charge in [-0.1, -0.05) is 5.16 Å². The van der Waals surface area contributed by atoms with Crippen molar-refractivity contribution >= 4 is 5.91 Å². The van der Waals surface area contributed by atoms with Crippen molar-refractivity contribution in [3.8, 4) is 0 Å². The Morgan fingerprint density at radius 3 is 2.75 bits per heavy atom. The summed E-state index contributed by atoms with van der Waals surface area (Å²) in [5.74, 6) is 1.33. The average Bonchev–Trinajstić information content (AvgIpc) is 3.06. The average molecular weight is 277 g/mol. The summed E-state index contributed by atoms with van der Waals surface area (Å²) >= 11 is 0. The quantitative estimate of drug-likeness (QED) is 0.839. The van der Waals surface area contributed by atoms with Gasteiger partial charge in [0.15, 0.2) is 0 Å². The number of piperidine rings is 1. The van der Waals surface area contributed by atoms with Crippen molar-refractivity contribution in [3.05, 3.63) is 17.5 Å². The summed E-state index contributed by atoms with van der Waals surface area (Å²) in [6.07, 6.45) is 4.95.